The molecular weight excluding hydrogens is 478 g/mol. The van der Waals surface area contributed by atoms with Crippen LogP contribution in [0.2, 0.25) is 0 Å². The number of hydrogen-bond donors (Lipinski definition) is 1. The van der Waals surface area contributed by atoms with Gasteiger partial charge in [0.25, 0.3) is 0 Å². The van der Waals surface area contributed by atoms with Gasteiger partial charge >= 0.3 is 0 Å². The van der Waals surface area contributed by atoms with Gasteiger partial charge in [0.2, 0.25) is 15.9 Å². The Morgan fingerprint density at radius 1 is 1.28 bits per heavy atom. The monoisotopic (exact) mass is 513 g/mol. The highest BCUT2D eigenvalue weighted by Crippen LogP contribution is 2.37. The Morgan fingerprint density at radius 3 is 2.69 bits per heavy atom. The van der Waals surface area contributed by atoms with Crippen LogP contribution < -0.4 is 4.74 Å². The maximum absolute atomic E-state index is 13.6. The standard InChI is InChI=1S/C27H35N3O5S/c1-19-16-30(20(2)18-31)36(33,34)26-9-8-23(22-6-4-5-7-22)15-24(26)35-25(19)17-29(3)27(32)14-21-10-12-28-13-11-21/h6,8-13,15,19-20,25,31H,4-5,7,14,16-18H2,1-3H3/t19-,20-,25+/m1/s1. The Balaban J connectivity index is 1.66. The molecule has 0 saturated carbocycles. The van der Waals surface area contributed by atoms with Gasteiger partial charge in [-0.3, -0.25) is 9.78 Å². The molecule has 1 N–H and O–H groups in total. The molecule has 1 aliphatic heterocycles. The second kappa shape index (κ2) is 11.1. The lowest BCUT2D eigenvalue weighted by atomic mass is 10.0. The Kier molecular flexibility index (Phi) is 8.12. The Morgan fingerprint density at radius 2 is 2.03 bits per heavy atom. The van der Waals surface area contributed by atoms with E-state index in [-0.39, 0.29) is 36.3 Å². The normalized spacial score (nSPS) is 22.5. The number of hydrogen-bond acceptors (Lipinski definition) is 6. The summed E-state index contributed by atoms with van der Waals surface area (Å²) in [6, 6.07) is 8.30. The minimum absolute atomic E-state index is 0.0580. The van der Waals surface area contributed by atoms with Crippen molar-refractivity contribution >= 4 is 21.5 Å². The maximum atomic E-state index is 13.6. The van der Waals surface area contributed by atoms with Crippen LogP contribution in [0.5, 0.6) is 5.75 Å². The van der Waals surface area contributed by atoms with Crippen LogP contribution in [0.3, 0.4) is 0 Å². The molecule has 2 aliphatic rings. The highest BCUT2D eigenvalue weighted by atomic mass is 32.2. The summed E-state index contributed by atoms with van der Waals surface area (Å²) in [6.45, 7) is 3.81. The number of nitrogens with zero attached hydrogens (tertiary/aromatic N) is 3. The van der Waals surface area contributed by atoms with E-state index >= 15 is 0 Å². The number of aromatic nitrogens is 1. The van der Waals surface area contributed by atoms with Gasteiger partial charge < -0.3 is 14.7 Å². The minimum atomic E-state index is -3.89. The van der Waals surface area contributed by atoms with Crippen molar-refractivity contribution in [1.29, 1.82) is 0 Å². The zero-order valence-corrected chi connectivity index (χ0v) is 21.9. The molecule has 1 aliphatic carbocycles. The lowest BCUT2D eigenvalue weighted by Gasteiger charge is -2.37. The molecule has 1 aromatic carbocycles. The first-order valence-corrected chi connectivity index (χ1v) is 13.9. The maximum Gasteiger partial charge on any atom is 0.247 e. The first-order chi connectivity index (χ1) is 17.2. The summed E-state index contributed by atoms with van der Waals surface area (Å²) < 4.78 is 35.1. The number of aliphatic hydroxyl groups is 1. The molecule has 3 atom stereocenters. The van der Waals surface area contributed by atoms with Gasteiger partial charge in [-0.15, -0.1) is 0 Å². The summed E-state index contributed by atoms with van der Waals surface area (Å²) in [5.74, 6) is 0.00627. The minimum Gasteiger partial charge on any atom is -0.487 e. The van der Waals surface area contributed by atoms with Gasteiger partial charge in [0.05, 0.1) is 19.6 Å². The Hall–Kier alpha value is -2.75. The van der Waals surface area contributed by atoms with Crippen LogP contribution in [0.15, 0.2) is 53.7 Å². The summed E-state index contributed by atoms with van der Waals surface area (Å²) in [5.41, 5.74) is 3.02. The third-order valence-corrected chi connectivity index (χ3v) is 9.08. The number of carbonyl (C=O) groups is 1. The van der Waals surface area contributed by atoms with E-state index in [9.17, 15) is 18.3 Å². The molecule has 194 valence electrons. The average molecular weight is 514 g/mol. The first kappa shape index (κ1) is 26.3. The van der Waals surface area contributed by atoms with E-state index in [0.29, 0.717) is 12.3 Å². The Bertz CT molecular complexity index is 1220. The predicted molar refractivity (Wildman–Crippen MR) is 138 cm³/mol. The van der Waals surface area contributed by atoms with E-state index in [1.165, 1.54) is 9.88 Å². The fourth-order valence-corrected chi connectivity index (χ4v) is 6.58. The molecule has 9 heteroatoms. The van der Waals surface area contributed by atoms with E-state index < -0.39 is 22.2 Å². The highest BCUT2D eigenvalue weighted by Gasteiger charge is 2.38. The van der Waals surface area contributed by atoms with Gasteiger partial charge in [-0.1, -0.05) is 19.1 Å². The molecule has 8 nitrogen and oxygen atoms in total. The number of amides is 1. The molecule has 0 radical (unpaired) electrons. The molecule has 0 saturated heterocycles. The largest absolute Gasteiger partial charge is 0.487 e. The number of sulfonamides is 1. The van der Waals surface area contributed by atoms with Crippen molar-refractivity contribution < 1.29 is 23.1 Å². The fourth-order valence-electron chi connectivity index (χ4n) is 4.76. The number of aliphatic hydroxyl groups excluding tert-OH is 1. The fraction of sp³-hybridized carbons (Fsp3) is 0.481. The van der Waals surface area contributed by atoms with Crippen molar-refractivity contribution in [1.82, 2.24) is 14.2 Å². The second-order valence-corrected chi connectivity index (χ2v) is 11.7. The Labute approximate surface area is 213 Å². The molecule has 0 unspecified atom stereocenters. The van der Waals surface area contributed by atoms with Crippen LogP contribution in [-0.2, 0) is 21.2 Å². The third-order valence-electron chi connectivity index (χ3n) is 7.06. The number of carbonyl (C=O) groups excluding carboxylic acids is 1. The van der Waals surface area contributed by atoms with E-state index in [1.54, 1.807) is 37.3 Å². The number of benzene rings is 1. The van der Waals surface area contributed by atoms with Crippen LogP contribution >= 0.6 is 0 Å². The van der Waals surface area contributed by atoms with E-state index in [2.05, 4.69) is 11.1 Å². The number of fused-ring (bicyclic) bond motifs is 1. The molecule has 1 aromatic heterocycles. The molecule has 4 rings (SSSR count). The molecule has 0 fully saturated rings. The van der Waals surface area contributed by atoms with E-state index in [1.807, 2.05) is 31.2 Å². The number of allylic oxidation sites excluding steroid dienone is 2. The van der Waals surface area contributed by atoms with Gasteiger partial charge in [0.15, 0.2) is 0 Å². The zero-order chi connectivity index (χ0) is 25.9. The first-order valence-electron chi connectivity index (χ1n) is 12.5. The van der Waals surface area contributed by atoms with Crippen LogP contribution in [0, 0.1) is 5.92 Å². The van der Waals surface area contributed by atoms with Crippen molar-refractivity contribution in [2.75, 3.05) is 26.7 Å². The molecule has 2 heterocycles. The summed E-state index contributed by atoms with van der Waals surface area (Å²) in [7, 11) is -2.15. The summed E-state index contributed by atoms with van der Waals surface area (Å²) in [5, 5.41) is 9.83. The van der Waals surface area contributed by atoms with Crippen molar-refractivity contribution in [3.8, 4) is 5.75 Å². The number of rotatable bonds is 7. The molecule has 36 heavy (non-hydrogen) atoms. The molecule has 2 aromatic rings. The van der Waals surface area contributed by atoms with Gasteiger partial charge in [-0.25, -0.2) is 8.42 Å². The molecule has 0 spiro atoms. The van der Waals surface area contributed by atoms with Gasteiger partial charge in [0, 0.05) is 37.9 Å². The van der Waals surface area contributed by atoms with Crippen molar-refractivity contribution in [3.63, 3.8) is 0 Å². The number of likely N-dealkylation sites (N-methyl/N-ethyl adjacent to an activating group) is 1. The number of pyridine rings is 1. The lowest BCUT2D eigenvalue weighted by molar-refractivity contribution is -0.130. The predicted octanol–water partition coefficient (Wildman–Crippen LogP) is 3.12. The van der Waals surface area contributed by atoms with Crippen LogP contribution in [0.25, 0.3) is 5.57 Å². The van der Waals surface area contributed by atoms with E-state index in [4.69, 9.17) is 4.74 Å². The summed E-state index contributed by atoms with van der Waals surface area (Å²) in [6.07, 6.45) is 8.36. The average Bonchev–Trinajstić information content (AvgIpc) is 3.41. The van der Waals surface area contributed by atoms with Crippen LogP contribution in [-0.4, -0.2) is 72.5 Å². The smallest absolute Gasteiger partial charge is 0.247 e. The van der Waals surface area contributed by atoms with Gasteiger partial charge in [-0.2, -0.15) is 4.31 Å². The summed E-state index contributed by atoms with van der Waals surface area (Å²) >= 11 is 0. The van der Waals surface area contributed by atoms with E-state index in [0.717, 1.165) is 30.4 Å². The van der Waals surface area contributed by atoms with Gasteiger partial charge in [-0.05, 0) is 67.2 Å². The zero-order valence-electron chi connectivity index (χ0n) is 21.1. The van der Waals surface area contributed by atoms with Crippen molar-refractivity contribution in [3.05, 3.63) is 59.9 Å². The molecule has 0 bridgehead atoms. The molecular formula is C27H35N3O5S. The lowest BCUT2D eigenvalue weighted by Crippen LogP contribution is -2.50. The summed E-state index contributed by atoms with van der Waals surface area (Å²) in [4.78, 5) is 18.7. The SMILES string of the molecule is C[C@@H]1CN([C@H](C)CO)S(=O)(=O)c2ccc(C3=CCCC3)cc2O[C@H]1CN(C)C(=O)Cc1ccncc1. The number of ether oxygens (including phenoxy) is 1. The van der Waals surface area contributed by atoms with Crippen LogP contribution in [0.1, 0.15) is 44.2 Å². The van der Waals surface area contributed by atoms with Crippen molar-refractivity contribution in [2.45, 2.75) is 56.6 Å². The highest BCUT2D eigenvalue weighted by molar-refractivity contribution is 7.89. The quantitative estimate of drug-likeness (QED) is 0.611. The topological polar surface area (TPSA) is 100 Å². The van der Waals surface area contributed by atoms with Gasteiger partial charge in [0.1, 0.15) is 16.7 Å². The molecule has 1 amide bonds. The third kappa shape index (κ3) is 5.63. The van der Waals surface area contributed by atoms with Crippen LogP contribution in [0.4, 0.5) is 0 Å². The van der Waals surface area contributed by atoms with Crippen molar-refractivity contribution in [2.24, 2.45) is 5.92 Å². The second-order valence-electron chi connectivity index (χ2n) is 9.83.